The SMILES string of the molecule is COc1ccc(-c2csc(Nc3cccc(NC(C)=O)c3)n2)cc1[N+](=O)[O-]. The number of anilines is 3. The van der Waals surface area contributed by atoms with E-state index in [9.17, 15) is 14.9 Å². The molecule has 1 aromatic heterocycles. The van der Waals surface area contributed by atoms with Crippen molar-refractivity contribution >= 4 is 39.4 Å². The lowest BCUT2D eigenvalue weighted by Gasteiger charge is -2.06. The first-order valence-electron chi connectivity index (χ1n) is 7.89. The summed E-state index contributed by atoms with van der Waals surface area (Å²) in [4.78, 5) is 26.3. The first-order valence-corrected chi connectivity index (χ1v) is 8.77. The summed E-state index contributed by atoms with van der Waals surface area (Å²) in [5, 5.41) is 19.5. The molecule has 3 aromatic rings. The van der Waals surface area contributed by atoms with Crippen molar-refractivity contribution in [2.24, 2.45) is 0 Å². The average molecular weight is 384 g/mol. The number of nitrogens with zero attached hydrogens (tertiary/aromatic N) is 2. The fourth-order valence-corrected chi connectivity index (χ4v) is 3.20. The van der Waals surface area contributed by atoms with Gasteiger partial charge in [0.2, 0.25) is 5.91 Å². The number of aromatic nitrogens is 1. The van der Waals surface area contributed by atoms with Gasteiger partial charge in [-0.05, 0) is 30.3 Å². The molecule has 0 aliphatic rings. The molecule has 0 saturated heterocycles. The van der Waals surface area contributed by atoms with E-state index in [1.807, 2.05) is 17.5 Å². The maximum absolute atomic E-state index is 11.2. The molecule has 27 heavy (non-hydrogen) atoms. The molecule has 9 heteroatoms. The number of nitro benzene ring substituents is 1. The highest BCUT2D eigenvalue weighted by atomic mass is 32.1. The van der Waals surface area contributed by atoms with Crippen LogP contribution in [0.5, 0.6) is 5.75 Å². The van der Waals surface area contributed by atoms with Crippen molar-refractivity contribution in [2.75, 3.05) is 17.7 Å². The van der Waals surface area contributed by atoms with Crippen molar-refractivity contribution in [3.05, 3.63) is 58.0 Å². The molecule has 3 rings (SSSR count). The van der Waals surface area contributed by atoms with E-state index < -0.39 is 4.92 Å². The summed E-state index contributed by atoms with van der Waals surface area (Å²) in [5.74, 6) is 0.0527. The predicted octanol–water partition coefficient (Wildman–Crippen LogP) is 4.43. The van der Waals surface area contributed by atoms with E-state index in [1.165, 1.54) is 31.4 Å². The van der Waals surface area contributed by atoms with E-state index in [2.05, 4.69) is 15.6 Å². The quantitative estimate of drug-likeness (QED) is 0.481. The van der Waals surface area contributed by atoms with Gasteiger partial charge in [0.25, 0.3) is 0 Å². The van der Waals surface area contributed by atoms with Gasteiger partial charge < -0.3 is 15.4 Å². The summed E-state index contributed by atoms with van der Waals surface area (Å²) >= 11 is 1.37. The van der Waals surface area contributed by atoms with Gasteiger partial charge in [-0.2, -0.15) is 0 Å². The topological polar surface area (TPSA) is 106 Å². The molecular formula is C18H16N4O4S. The molecule has 0 aliphatic carbocycles. The van der Waals surface area contributed by atoms with Crippen LogP contribution in [0.1, 0.15) is 6.92 Å². The van der Waals surface area contributed by atoms with Gasteiger partial charge in [0.15, 0.2) is 10.9 Å². The van der Waals surface area contributed by atoms with Crippen molar-refractivity contribution in [1.82, 2.24) is 4.98 Å². The highest BCUT2D eigenvalue weighted by Gasteiger charge is 2.17. The number of rotatable bonds is 6. The highest BCUT2D eigenvalue weighted by molar-refractivity contribution is 7.14. The summed E-state index contributed by atoms with van der Waals surface area (Å²) in [5.41, 5.74) is 2.57. The summed E-state index contributed by atoms with van der Waals surface area (Å²) in [6.07, 6.45) is 0. The molecule has 1 heterocycles. The smallest absolute Gasteiger partial charge is 0.311 e. The molecule has 8 nitrogen and oxygen atoms in total. The Morgan fingerprint density at radius 2 is 2.00 bits per heavy atom. The lowest BCUT2D eigenvalue weighted by Crippen LogP contribution is -2.05. The van der Waals surface area contributed by atoms with Gasteiger partial charge in [-0.25, -0.2) is 4.98 Å². The molecule has 138 valence electrons. The molecule has 2 N–H and O–H groups in total. The van der Waals surface area contributed by atoms with Gasteiger partial charge in [0, 0.05) is 35.3 Å². The number of hydrogen-bond acceptors (Lipinski definition) is 7. The molecule has 0 unspecified atom stereocenters. The van der Waals surface area contributed by atoms with Crippen LogP contribution >= 0.6 is 11.3 Å². The third kappa shape index (κ3) is 4.39. The lowest BCUT2D eigenvalue weighted by atomic mass is 10.1. The Kier molecular flexibility index (Phi) is 5.32. The van der Waals surface area contributed by atoms with Crippen LogP contribution in [0.25, 0.3) is 11.3 Å². The van der Waals surface area contributed by atoms with Gasteiger partial charge in [0.1, 0.15) is 0 Å². The van der Waals surface area contributed by atoms with Crippen LogP contribution in [0.4, 0.5) is 22.2 Å². The number of thiazole rings is 1. The molecule has 2 aromatic carbocycles. The minimum absolute atomic E-state index is 0.111. The first kappa shape index (κ1) is 18.3. The van der Waals surface area contributed by atoms with Crippen LogP contribution in [0, 0.1) is 10.1 Å². The van der Waals surface area contributed by atoms with E-state index in [4.69, 9.17) is 4.74 Å². The summed E-state index contributed by atoms with van der Waals surface area (Å²) in [7, 11) is 1.39. The number of carbonyl (C=O) groups is 1. The average Bonchev–Trinajstić information content (AvgIpc) is 3.09. The van der Waals surface area contributed by atoms with Crippen molar-refractivity contribution in [3.8, 4) is 17.0 Å². The fraction of sp³-hybridized carbons (Fsp3) is 0.111. The molecule has 0 fully saturated rings. The van der Waals surface area contributed by atoms with Crippen LogP contribution in [-0.4, -0.2) is 22.9 Å². The Morgan fingerprint density at radius 1 is 1.22 bits per heavy atom. The van der Waals surface area contributed by atoms with E-state index in [1.54, 1.807) is 24.3 Å². The number of nitrogens with one attached hydrogen (secondary N) is 2. The van der Waals surface area contributed by atoms with E-state index in [-0.39, 0.29) is 17.3 Å². The Bertz CT molecular complexity index is 1000. The summed E-state index contributed by atoms with van der Waals surface area (Å²) in [6.45, 7) is 1.45. The molecule has 0 radical (unpaired) electrons. The second-order valence-electron chi connectivity index (χ2n) is 5.57. The van der Waals surface area contributed by atoms with Crippen LogP contribution in [0.3, 0.4) is 0 Å². The monoisotopic (exact) mass is 384 g/mol. The minimum Gasteiger partial charge on any atom is -0.490 e. The molecule has 0 atom stereocenters. The minimum atomic E-state index is -0.485. The summed E-state index contributed by atoms with van der Waals surface area (Å²) < 4.78 is 5.02. The van der Waals surface area contributed by atoms with Gasteiger partial charge in [-0.3, -0.25) is 14.9 Å². The van der Waals surface area contributed by atoms with Crippen molar-refractivity contribution in [3.63, 3.8) is 0 Å². The van der Waals surface area contributed by atoms with E-state index in [0.29, 0.717) is 22.1 Å². The molecule has 0 spiro atoms. The number of amides is 1. The second kappa shape index (κ2) is 7.83. The molecule has 1 amide bonds. The predicted molar refractivity (Wildman–Crippen MR) is 105 cm³/mol. The summed E-state index contributed by atoms with van der Waals surface area (Å²) in [6, 6.07) is 12.0. The number of benzene rings is 2. The fourth-order valence-electron chi connectivity index (χ4n) is 2.46. The zero-order valence-electron chi connectivity index (χ0n) is 14.6. The third-order valence-corrected chi connectivity index (χ3v) is 4.37. The zero-order valence-corrected chi connectivity index (χ0v) is 15.4. The number of carbonyl (C=O) groups excluding carboxylic acids is 1. The zero-order chi connectivity index (χ0) is 19.4. The van der Waals surface area contributed by atoms with Crippen molar-refractivity contribution in [1.29, 1.82) is 0 Å². The normalized spacial score (nSPS) is 10.3. The number of ether oxygens (including phenoxy) is 1. The largest absolute Gasteiger partial charge is 0.490 e. The van der Waals surface area contributed by atoms with Gasteiger partial charge in [-0.1, -0.05) is 6.07 Å². The van der Waals surface area contributed by atoms with Crippen LogP contribution in [-0.2, 0) is 4.79 Å². The Labute approximate surface area is 159 Å². The standard InChI is InChI=1S/C18H16N4O4S/c1-11(23)19-13-4-3-5-14(9-13)20-18-21-15(10-27-18)12-6-7-17(26-2)16(8-12)22(24)25/h3-10H,1-2H3,(H,19,23)(H,20,21). The molecular weight excluding hydrogens is 368 g/mol. The Hall–Kier alpha value is -3.46. The van der Waals surface area contributed by atoms with Gasteiger partial charge >= 0.3 is 5.69 Å². The van der Waals surface area contributed by atoms with Crippen molar-refractivity contribution < 1.29 is 14.5 Å². The number of methoxy groups -OCH3 is 1. The second-order valence-corrected chi connectivity index (χ2v) is 6.43. The van der Waals surface area contributed by atoms with Crippen LogP contribution in [0.15, 0.2) is 47.8 Å². The third-order valence-electron chi connectivity index (χ3n) is 3.61. The maximum atomic E-state index is 11.2. The molecule has 0 saturated carbocycles. The molecule has 0 bridgehead atoms. The Balaban J connectivity index is 1.82. The number of hydrogen-bond donors (Lipinski definition) is 2. The van der Waals surface area contributed by atoms with Crippen molar-refractivity contribution in [2.45, 2.75) is 6.92 Å². The maximum Gasteiger partial charge on any atom is 0.311 e. The first-order chi connectivity index (χ1) is 13.0. The van der Waals surface area contributed by atoms with Gasteiger partial charge in [0.05, 0.1) is 17.7 Å². The number of nitro groups is 1. The van der Waals surface area contributed by atoms with E-state index in [0.717, 1.165) is 5.69 Å². The Morgan fingerprint density at radius 3 is 2.70 bits per heavy atom. The molecule has 0 aliphatic heterocycles. The van der Waals surface area contributed by atoms with E-state index >= 15 is 0 Å². The lowest BCUT2D eigenvalue weighted by molar-refractivity contribution is -0.385. The highest BCUT2D eigenvalue weighted by Crippen LogP contribution is 2.34. The van der Waals surface area contributed by atoms with Gasteiger partial charge in [-0.15, -0.1) is 11.3 Å². The van der Waals surface area contributed by atoms with Crippen LogP contribution in [0.2, 0.25) is 0 Å². The van der Waals surface area contributed by atoms with Crippen LogP contribution < -0.4 is 15.4 Å².